The van der Waals surface area contributed by atoms with E-state index < -0.39 is 0 Å². The van der Waals surface area contributed by atoms with Gasteiger partial charge in [0.1, 0.15) is 0 Å². The number of nitrogens with zero attached hydrogens (tertiary/aromatic N) is 1. The summed E-state index contributed by atoms with van der Waals surface area (Å²) in [6.07, 6.45) is 3.56. The number of rotatable bonds is 6. The molecule has 2 aromatic carbocycles. The maximum Gasteiger partial charge on any atom is 0.251 e. The number of hydrogen-bond donors (Lipinski definition) is 2. The molecule has 0 aliphatic heterocycles. The first-order valence-corrected chi connectivity index (χ1v) is 8.31. The lowest BCUT2D eigenvalue weighted by Gasteiger charge is -2.09. The third kappa shape index (κ3) is 5.01. The van der Waals surface area contributed by atoms with E-state index in [0.29, 0.717) is 17.8 Å². The Morgan fingerprint density at radius 1 is 0.885 bits per heavy atom. The minimum atomic E-state index is -0.183. The van der Waals surface area contributed by atoms with Crippen LogP contribution in [0.3, 0.4) is 0 Å². The molecule has 0 saturated carbocycles. The number of amides is 2. The lowest BCUT2D eigenvalue weighted by atomic mass is 10.1. The van der Waals surface area contributed by atoms with E-state index in [0.717, 1.165) is 11.1 Å². The number of benzene rings is 2. The minimum absolute atomic E-state index is 0.153. The lowest BCUT2D eigenvalue weighted by molar-refractivity contribution is -0.115. The van der Waals surface area contributed by atoms with Crippen LogP contribution in [0.15, 0.2) is 79.1 Å². The average Bonchev–Trinajstić information content (AvgIpc) is 2.68. The lowest BCUT2D eigenvalue weighted by Crippen LogP contribution is -2.23. The summed E-state index contributed by atoms with van der Waals surface area (Å²) < 4.78 is 0. The zero-order valence-corrected chi connectivity index (χ0v) is 14.2. The van der Waals surface area contributed by atoms with Crippen LogP contribution >= 0.6 is 0 Å². The second-order valence-electron chi connectivity index (χ2n) is 5.84. The zero-order chi connectivity index (χ0) is 18.2. The normalized spacial score (nSPS) is 10.2. The molecule has 130 valence electrons. The molecular weight excluding hydrogens is 326 g/mol. The number of carbonyl (C=O) groups excluding carboxylic acids is 2. The molecule has 5 nitrogen and oxygen atoms in total. The van der Waals surface area contributed by atoms with Gasteiger partial charge in [-0.1, -0.05) is 42.5 Å². The predicted octanol–water partition coefficient (Wildman–Crippen LogP) is 3.19. The SMILES string of the molecule is O=C(Cc1cccnc1)Nc1cccc(C(=O)NCc2ccccc2)c1. The molecule has 26 heavy (non-hydrogen) atoms. The molecule has 1 heterocycles. The molecule has 0 saturated heterocycles. The largest absolute Gasteiger partial charge is 0.348 e. The van der Waals surface area contributed by atoms with E-state index in [4.69, 9.17) is 0 Å². The van der Waals surface area contributed by atoms with Gasteiger partial charge in [-0.05, 0) is 35.4 Å². The molecule has 0 radical (unpaired) electrons. The summed E-state index contributed by atoms with van der Waals surface area (Å²) in [5.41, 5.74) is 2.95. The van der Waals surface area contributed by atoms with E-state index in [1.165, 1.54) is 0 Å². The van der Waals surface area contributed by atoms with Crippen LogP contribution in [0, 0.1) is 0 Å². The molecule has 0 aliphatic carbocycles. The second-order valence-corrected chi connectivity index (χ2v) is 5.84. The van der Waals surface area contributed by atoms with E-state index >= 15 is 0 Å². The molecular formula is C21H19N3O2. The van der Waals surface area contributed by atoms with Crippen molar-refractivity contribution in [3.63, 3.8) is 0 Å². The van der Waals surface area contributed by atoms with Crippen molar-refractivity contribution in [2.45, 2.75) is 13.0 Å². The van der Waals surface area contributed by atoms with Crippen molar-refractivity contribution in [1.82, 2.24) is 10.3 Å². The van der Waals surface area contributed by atoms with Crippen LogP contribution in [0.1, 0.15) is 21.5 Å². The zero-order valence-electron chi connectivity index (χ0n) is 14.2. The Balaban J connectivity index is 1.58. The quantitative estimate of drug-likeness (QED) is 0.721. The number of pyridine rings is 1. The number of aromatic nitrogens is 1. The molecule has 0 spiro atoms. The highest BCUT2D eigenvalue weighted by atomic mass is 16.2. The summed E-state index contributed by atoms with van der Waals surface area (Å²) in [6, 6.07) is 20.2. The van der Waals surface area contributed by atoms with Crippen molar-refractivity contribution in [3.8, 4) is 0 Å². The van der Waals surface area contributed by atoms with Gasteiger partial charge in [-0.3, -0.25) is 14.6 Å². The molecule has 0 bridgehead atoms. The number of anilines is 1. The van der Waals surface area contributed by atoms with Gasteiger partial charge in [-0.15, -0.1) is 0 Å². The molecule has 1 aromatic heterocycles. The van der Waals surface area contributed by atoms with Crippen molar-refractivity contribution in [3.05, 3.63) is 95.8 Å². The Morgan fingerprint density at radius 2 is 1.69 bits per heavy atom. The summed E-state index contributed by atoms with van der Waals surface area (Å²) in [5.74, 6) is -0.336. The number of nitrogens with one attached hydrogen (secondary N) is 2. The highest BCUT2D eigenvalue weighted by Gasteiger charge is 2.08. The Morgan fingerprint density at radius 3 is 2.46 bits per heavy atom. The Labute approximate surface area is 152 Å². The molecule has 5 heteroatoms. The Kier molecular flexibility index (Phi) is 5.72. The molecule has 0 atom stereocenters. The van der Waals surface area contributed by atoms with E-state index in [-0.39, 0.29) is 18.2 Å². The molecule has 2 N–H and O–H groups in total. The van der Waals surface area contributed by atoms with Crippen LogP contribution < -0.4 is 10.6 Å². The third-order valence-electron chi connectivity index (χ3n) is 3.79. The monoisotopic (exact) mass is 345 g/mol. The first-order chi connectivity index (χ1) is 12.7. The highest BCUT2D eigenvalue weighted by molar-refractivity contribution is 5.97. The summed E-state index contributed by atoms with van der Waals surface area (Å²) >= 11 is 0. The fourth-order valence-corrected chi connectivity index (χ4v) is 2.51. The molecule has 3 aromatic rings. The molecule has 3 rings (SSSR count). The van der Waals surface area contributed by atoms with E-state index in [1.807, 2.05) is 36.4 Å². The van der Waals surface area contributed by atoms with Gasteiger partial charge in [0.25, 0.3) is 5.91 Å². The fourth-order valence-electron chi connectivity index (χ4n) is 2.51. The van der Waals surface area contributed by atoms with E-state index in [2.05, 4.69) is 15.6 Å². The maximum absolute atomic E-state index is 12.3. The van der Waals surface area contributed by atoms with Crippen LogP contribution in [0.5, 0.6) is 0 Å². The van der Waals surface area contributed by atoms with Gasteiger partial charge >= 0.3 is 0 Å². The van der Waals surface area contributed by atoms with Crippen LogP contribution in [0.4, 0.5) is 5.69 Å². The summed E-state index contributed by atoms with van der Waals surface area (Å²) in [6.45, 7) is 0.456. The number of hydrogen-bond acceptors (Lipinski definition) is 3. The first kappa shape index (κ1) is 17.4. The predicted molar refractivity (Wildman–Crippen MR) is 101 cm³/mol. The highest BCUT2D eigenvalue weighted by Crippen LogP contribution is 2.12. The molecule has 0 aliphatic rings. The van der Waals surface area contributed by atoms with E-state index in [1.54, 1.807) is 42.7 Å². The summed E-state index contributed by atoms with van der Waals surface area (Å²) in [4.78, 5) is 28.4. The number of carbonyl (C=O) groups is 2. The van der Waals surface area contributed by atoms with Gasteiger partial charge in [-0.25, -0.2) is 0 Å². The van der Waals surface area contributed by atoms with Gasteiger partial charge in [-0.2, -0.15) is 0 Å². The van der Waals surface area contributed by atoms with E-state index in [9.17, 15) is 9.59 Å². The van der Waals surface area contributed by atoms with Gasteiger partial charge in [0, 0.05) is 30.2 Å². The summed E-state index contributed by atoms with van der Waals surface area (Å²) in [5, 5.41) is 5.69. The molecule has 2 amide bonds. The van der Waals surface area contributed by atoms with Crippen molar-refractivity contribution >= 4 is 17.5 Å². The second kappa shape index (κ2) is 8.58. The Bertz CT molecular complexity index is 880. The minimum Gasteiger partial charge on any atom is -0.348 e. The maximum atomic E-state index is 12.3. The van der Waals surface area contributed by atoms with Gasteiger partial charge in [0.05, 0.1) is 6.42 Å². The standard InChI is InChI=1S/C21H19N3O2/c25-20(12-17-8-5-11-22-14-17)24-19-10-4-9-18(13-19)21(26)23-15-16-6-2-1-3-7-16/h1-11,13-14H,12,15H2,(H,23,26)(H,24,25). The van der Waals surface area contributed by atoms with Crippen molar-refractivity contribution < 1.29 is 9.59 Å². The molecule has 0 fully saturated rings. The van der Waals surface area contributed by atoms with Crippen molar-refractivity contribution in [2.24, 2.45) is 0 Å². The third-order valence-corrected chi connectivity index (χ3v) is 3.79. The fraction of sp³-hybridized carbons (Fsp3) is 0.0952. The van der Waals surface area contributed by atoms with Crippen LogP contribution in [0.25, 0.3) is 0 Å². The topological polar surface area (TPSA) is 71.1 Å². The van der Waals surface area contributed by atoms with Gasteiger partial charge in [0.2, 0.25) is 5.91 Å². The first-order valence-electron chi connectivity index (χ1n) is 8.31. The van der Waals surface area contributed by atoms with Crippen molar-refractivity contribution in [2.75, 3.05) is 5.32 Å². The van der Waals surface area contributed by atoms with Crippen LogP contribution in [-0.2, 0) is 17.8 Å². The molecule has 0 unspecified atom stereocenters. The van der Waals surface area contributed by atoms with Crippen LogP contribution in [-0.4, -0.2) is 16.8 Å². The Hall–Kier alpha value is -3.47. The smallest absolute Gasteiger partial charge is 0.251 e. The van der Waals surface area contributed by atoms with Gasteiger partial charge < -0.3 is 10.6 Å². The average molecular weight is 345 g/mol. The summed E-state index contributed by atoms with van der Waals surface area (Å²) in [7, 11) is 0. The van der Waals surface area contributed by atoms with Crippen molar-refractivity contribution in [1.29, 1.82) is 0 Å². The van der Waals surface area contributed by atoms with Crippen LogP contribution in [0.2, 0.25) is 0 Å². The van der Waals surface area contributed by atoms with Gasteiger partial charge in [0.15, 0.2) is 0 Å².